The number of hydrogen-bond donors (Lipinski definition) is 1. The molecule has 3 unspecified atom stereocenters. The van der Waals surface area contributed by atoms with Crippen molar-refractivity contribution in [3.8, 4) is 22.3 Å². The van der Waals surface area contributed by atoms with Gasteiger partial charge in [0.25, 0.3) is 0 Å². The molecular weight excluding hydrogens is 869 g/mol. The molecule has 18 heteroatoms. The van der Waals surface area contributed by atoms with E-state index in [0.717, 1.165) is 127 Å². The molecule has 0 aliphatic carbocycles. The number of aliphatic hydroxyl groups excluding tert-OH is 1. The third kappa shape index (κ3) is 8.50. The second-order valence-corrected chi connectivity index (χ2v) is 18.4. The van der Waals surface area contributed by atoms with Gasteiger partial charge in [-0.15, -0.1) is 0 Å². The Morgan fingerprint density at radius 2 is 1.25 bits per heavy atom. The number of hydrogen-bond acceptors (Lipinski definition) is 14. The Hall–Kier alpha value is -7.70. The summed E-state index contributed by atoms with van der Waals surface area (Å²) in [6.45, 7) is 7.16. The highest BCUT2D eigenvalue weighted by molar-refractivity contribution is 5.77. The second kappa shape index (κ2) is 18.1. The van der Waals surface area contributed by atoms with E-state index in [0.29, 0.717) is 24.5 Å². The van der Waals surface area contributed by atoms with Crippen LogP contribution in [0.25, 0.3) is 33.3 Å². The SMILES string of the molecule is Cn1cc(-c2ccc3c(N4CCN(c5ncc(C(O)C6CCOC(c7nn(C)cc7-c7ccc8c(N9CCN(c%10cnc(Cc%11ccccc%11)nc%10)CC9)cnn8c7)C6)cn5)CC4)cnn3c2)cn1. The predicted octanol–water partition coefficient (Wildman–Crippen LogP) is 5.81. The first-order valence-electron chi connectivity index (χ1n) is 23.8. The number of anilines is 4. The van der Waals surface area contributed by atoms with Crippen LogP contribution in [0.15, 0.2) is 123 Å². The predicted molar refractivity (Wildman–Crippen MR) is 263 cm³/mol. The average molecular weight is 923 g/mol. The Morgan fingerprint density at radius 1 is 0.609 bits per heavy atom. The number of piperazine rings is 2. The third-order valence-corrected chi connectivity index (χ3v) is 14.1. The summed E-state index contributed by atoms with van der Waals surface area (Å²) in [6.07, 6.45) is 22.5. The second-order valence-electron chi connectivity index (χ2n) is 18.4. The Kier molecular flexibility index (Phi) is 11.2. The van der Waals surface area contributed by atoms with E-state index in [2.05, 4.69) is 88.6 Å². The maximum atomic E-state index is 11.8. The molecule has 1 N–H and O–H groups in total. The third-order valence-electron chi connectivity index (χ3n) is 14.1. The van der Waals surface area contributed by atoms with Gasteiger partial charge in [0.15, 0.2) is 0 Å². The number of pyridine rings is 2. The van der Waals surface area contributed by atoms with Crippen molar-refractivity contribution in [2.75, 3.05) is 78.6 Å². The highest BCUT2D eigenvalue weighted by Crippen LogP contribution is 2.41. The van der Waals surface area contributed by atoms with Gasteiger partial charge in [0, 0.05) is 144 Å². The molecule has 3 aliphatic rings. The summed E-state index contributed by atoms with van der Waals surface area (Å²) in [6, 6.07) is 18.9. The lowest BCUT2D eigenvalue weighted by Crippen LogP contribution is -2.47. The number of rotatable bonds is 11. The maximum Gasteiger partial charge on any atom is 0.225 e. The zero-order chi connectivity index (χ0) is 46.4. The van der Waals surface area contributed by atoms with Gasteiger partial charge in [0.2, 0.25) is 5.95 Å². The van der Waals surface area contributed by atoms with Gasteiger partial charge in [0.1, 0.15) is 11.9 Å². The van der Waals surface area contributed by atoms with Crippen molar-refractivity contribution in [1.29, 1.82) is 0 Å². The van der Waals surface area contributed by atoms with Crippen LogP contribution in [0.3, 0.4) is 0 Å². The summed E-state index contributed by atoms with van der Waals surface area (Å²) in [5.74, 6) is 1.45. The fourth-order valence-corrected chi connectivity index (χ4v) is 10.2. The van der Waals surface area contributed by atoms with Crippen molar-refractivity contribution >= 4 is 34.0 Å². The van der Waals surface area contributed by atoms with Crippen molar-refractivity contribution in [1.82, 2.24) is 58.7 Å². The lowest BCUT2D eigenvalue weighted by molar-refractivity contribution is -0.0479. The zero-order valence-electron chi connectivity index (χ0n) is 38.8. The Bertz CT molecular complexity index is 3200. The van der Waals surface area contributed by atoms with Gasteiger partial charge in [0.05, 0.1) is 70.9 Å². The number of aromatic nitrogens is 12. The zero-order valence-corrected chi connectivity index (χ0v) is 38.8. The Labute approximate surface area is 399 Å². The van der Waals surface area contributed by atoms with Gasteiger partial charge < -0.3 is 29.4 Å². The van der Waals surface area contributed by atoms with Crippen LogP contribution in [0.4, 0.5) is 23.0 Å². The highest BCUT2D eigenvalue weighted by atomic mass is 16.5. The minimum atomic E-state index is -0.733. The van der Waals surface area contributed by atoms with E-state index in [1.165, 1.54) is 5.56 Å². The molecule has 3 aliphatic heterocycles. The first-order chi connectivity index (χ1) is 33.9. The average Bonchev–Trinajstić information content (AvgIpc) is 4.23. The van der Waals surface area contributed by atoms with Crippen LogP contribution in [0.5, 0.6) is 0 Å². The number of benzene rings is 1. The monoisotopic (exact) mass is 922 g/mol. The van der Waals surface area contributed by atoms with Crippen LogP contribution in [-0.2, 0) is 25.3 Å². The molecule has 0 radical (unpaired) electrons. The van der Waals surface area contributed by atoms with E-state index < -0.39 is 6.10 Å². The Balaban J connectivity index is 0.664. The number of nitrogens with zero attached hydrogens (tertiary/aromatic N) is 16. The molecule has 3 saturated heterocycles. The molecule has 3 atom stereocenters. The van der Waals surface area contributed by atoms with Crippen LogP contribution in [-0.4, -0.2) is 123 Å². The fraction of sp³-hybridized carbons (Fsp3) is 0.333. The molecule has 0 saturated carbocycles. The smallest absolute Gasteiger partial charge is 0.225 e. The molecule has 12 rings (SSSR count). The first kappa shape index (κ1) is 42.6. The summed E-state index contributed by atoms with van der Waals surface area (Å²) < 4.78 is 14.0. The summed E-state index contributed by atoms with van der Waals surface area (Å²) >= 11 is 0. The van der Waals surface area contributed by atoms with Crippen molar-refractivity contribution in [2.24, 2.45) is 20.0 Å². The standard InChI is InChI=1S/C51H54N16O2/c1-60-31-40(26-56-60)37-8-10-43-45(29-57-66(43)32-37)64-17-19-65(20-18-64)51-54-24-39(25-55-51)50(68)36-12-21-69-47(23-36)49-42(34-61(2)59-49)38-9-11-44-46(30-58-67(44)33-38)63-15-13-62(14-16-63)41-27-52-48(53-28-41)22-35-6-4-3-5-7-35/h3-11,24-34,36,47,50,68H,12-23H2,1-2H3. The van der Waals surface area contributed by atoms with Gasteiger partial charge in [-0.3, -0.25) is 9.36 Å². The quantitative estimate of drug-likeness (QED) is 0.165. The number of ether oxygens (including phenoxy) is 1. The maximum absolute atomic E-state index is 11.8. The summed E-state index contributed by atoms with van der Waals surface area (Å²) in [5.41, 5.74) is 12.3. The van der Waals surface area contributed by atoms with E-state index in [1.807, 2.05) is 89.4 Å². The van der Waals surface area contributed by atoms with Crippen LogP contribution < -0.4 is 19.6 Å². The highest BCUT2D eigenvalue weighted by Gasteiger charge is 2.34. The summed E-state index contributed by atoms with van der Waals surface area (Å²) in [5, 5.41) is 30.5. The molecular formula is C51H54N16O2. The van der Waals surface area contributed by atoms with Crippen LogP contribution >= 0.6 is 0 Å². The van der Waals surface area contributed by atoms with Gasteiger partial charge in [-0.25, -0.2) is 29.0 Å². The van der Waals surface area contributed by atoms with Gasteiger partial charge in [-0.1, -0.05) is 42.5 Å². The number of aliphatic hydroxyl groups is 1. The molecule has 18 nitrogen and oxygen atoms in total. The molecule has 8 aromatic heterocycles. The molecule has 3 fully saturated rings. The molecule has 9 aromatic rings. The molecule has 11 heterocycles. The van der Waals surface area contributed by atoms with Gasteiger partial charge in [-0.2, -0.15) is 20.4 Å². The van der Waals surface area contributed by atoms with E-state index in [9.17, 15) is 5.11 Å². The molecule has 350 valence electrons. The lowest BCUT2D eigenvalue weighted by atomic mass is 9.86. The largest absolute Gasteiger partial charge is 0.388 e. The minimum absolute atomic E-state index is 0.0500. The van der Waals surface area contributed by atoms with E-state index in [-0.39, 0.29) is 12.0 Å². The van der Waals surface area contributed by atoms with E-state index in [1.54, 1.807) is 17.1 Å². The van der Waals surface area contributed by atoms with E-state index in [4.69, 9.17) is 24.9 Å². The topological polar surface area (TPSA) is 164 Å². The van der Waals surface area contributed by atoms with Crippen LogP contribution in [0.2, 0.25) is 0 Å². The molecule has 0 bridgehead atoms. The Morgan fingerprint density at radius 3 is 1.91 bits per heavy atom. The fourth-order valence-electron chi connectivity index (χ4n) is 10.2. The van der Waals surface area contributed by atoms with Crippen molar-refractivity contribution in [3.05, 3.63) is 145 Å². The summed E-state index contributed by atoms with van der Waals surface area (Å²) in [7, 11) is 3.86. The van der Waals surface area contributed by atoms with Crippen LogP contribution in [0, 0.1) is 5.92 Å². The van der Waals surface area contributed by atoms with Gasteiger partial charge >= 0.3 is 0 Å². The number of aryl methyl sites for hydroxylation is 2. The lowest BCUT2D eigenvalue weighted by Gasteiger charge is -2.36. The summed E-state index contributed by atoms with van der Waals surface area (Å²) in [4.78, 5) is 28.2. The molecule has 0 spiro atoms. The first-order valence-corrected chi connectivity index (χ1v) is 23.8. The number of fused-ring (bicyclic) bond motifs is 2. The van der Waals surface area contributed by atoms with Crippen molar-refractivity contribution in [2.45, 2.75) is 31.5 Å². The van der Waals surface area contributed by atoms with Crippen molar-refractivity contribution in [3.63, 3.8) is 0 Å². The van der Waals surface area contributed by atoms with Crippen LogP contribution in [0.1, 0.15) is 47.7 Å². The molecule has 1 aromatic carbocycles. The van der Waals surface area contributed by atoms with E-state index >= 15 is 0 Å². The molecule has 0 amide bonds. The molecule has 69 heavy (non-hydrogen) atoms. The van der Waals surface area contributed by atoms with Gasteiger partial charge in [-0.05, 0) is 36.5 Å². The minimum Gasteiger partial charge on any atom is -0.388 e. The van der Waals surface area contributed by atoms with Crippen molar-refractivity contribution < 1.29 is 9.84 Å². The normalized spacial score (nSPS) is 18.4.